The van der Waals surface area contributed by atoms with Gasteiger partial charge in [0.2, 0.25) is 5.91 Å². The first-order valence-corrected chi connectivity index (χ1v) is 8.25. The van der Waals surface area contributed by atoms with Crippen LogP contribution < -0.4 is 10.6 Å². The van der Waals surface area contributed by atoms with E-state index >= 15 is 0 Å². The maximum atomic E-state index is 11.6. The van der Waals surface area contributed by atoms with Crippen molar-refractivity contribution in [1.82, 2.24) is 10.6 Å². The Hall–Kier alpha value is -0.620. The molecule has 1 aliphatic heterocycles. The van der Waals surface area contributed by atoms with Gasteiger partial charge < -0.3 is 10.6 Å². The van der Waals surface area contributed by atoms with E-state index in [4.69, 9.17) is 0 Å². The van der Waals surface area contributed by atoms with E-state index in [9.17, 15) is 13.2 Å². The fraction of sp³-hybridized carbons (Fsp3) is 0.917. The molecule has 1 unspecified atom stereocenters. The molecule has 1 aliphatic rings. The molecule has 1 fully saturated rings. The topological polar surface area (TPSA) is 75.3 Å². The summed E-state index contributed by atoms with van der Waals surface area (Å²) < 4.78 is 22.9. The van der Waals surface area contributed by atoms with Gasteiger partial charge in [0.05, 0.1) is 11.5 Å². The number of rotatable bonds is 4. The van der Waals surface area contributed by atoms with Crippen molar-refractivity contribution in [3.63, 3.8) is 0 Å². The average Bonchev–Trinajstić information content (AvgIpc) is 2.12. The van der Waals surface area contributed by atoms with Gasteiger partial charge in [-0.05, 0) is 33.6 Å². The van der Waals surface area contributed by atoms with Gasteiger partial charge in [-0.3, -0.25) is 4.79 Å². The van der Waals surface area contributed by atoms with E-state index < -0.39 is 9.84 Å². The number of sulfone groups is 1. The van der Waals surface area contributed by atoms with Gasteiger partial charge in [0.25, 0.3) is 0 Å². The first-order valence-electron chi connectivity index (χ1n) is 6.43. The van der Waals surface area contributed by atoms with Gasteiger partial charge in [-0.1, -0.05) is 0 Å². The average molecular weight is 276 g/mol. The summed E-state index contributed by atoms with van der Waals surface area (Å²) in [5.41, 5.74) is -0.217. The molecular weight excluding hydrogens is 252 g/mol. The van der Waals surface area contributed by atoms with Gasteiger partial charge in [-0.15, -0.1) is 0 Å². The van der Waals surface area contributed by atoms with Crippen LogP contribution in [0.5, 0.6) is 0 Å². The molecule has 1 atom stereocenters. The highest BCUT2D eigenvalue weighted by molar-refractivity contribution is 7.91. The Balaban J connectivity index is 2.24. The lowest BCUT2D eigenvalue weighted by atomic mass is 10.1. The van der Waals surface area contributed by atoms with E-state index in [0.29, 0.717) is 25.1 Å². The summed E-state index contributed by atoms with van der Waals surface area (Å²) in [5, 5.41) is 6.03. The van der Waals surface area contributed by atoms with Crippen LogP contribution in [0.2, 0.25) is 0 Å². The largest absolute Gasteiger partial charge is 0.351 e. The van der Waals surface area contributed by atoms with Crippen molar-refractivity contribution in [3.05, 3.63) is 0 Å². The Morgan fingerprint density at radius 2 is 2.00 bits per heavy atom. The Labute approximate surface area is 110 Å². The van der Waals surface area contributed by atoms with Crippen LogP contribution in [-0.2, 0) is 14.6 Å². The first-order chi connectivity index (χ1) is 8.18. The molecule has 1 heterocycles. The van der Waals surface area contributed by atoms with E-state index in [-0.39, 0.29) is 23.2 Å². The molecule has 1 amide bonds. The van der Waals surface area contributed by atoms with Gasteiger partial charge in [0.15, 0.2) is 9.84 Å². The zero-order chi connectivity index (χ0) is 13.8. The standard InChI is InChI=1S/C12H24N2O3S/c1-12(2,3)14-11(15)6-7-13-10-5-4-8-18(16,17)9-10/h10,13H,4-9H2,1-3H3,(H,14,15). The minimum absolute atomic E-state index is 0.00573. The lowest BCUT2D eigenvalue weighted by Crippen LogP contribution is -2.44. The molecule has 0 radical (unpaired) electrons. The van der Waals surface area contributed by atoms with Crippen molar-refractivity contribution in [1.29, 1.82) is 0 Å². The van der Waals surface area contributed by atoms with Crippen LogP contribution in [0.25, 0.3) is 0 Å². The zero-order valence-corrected chi connectivity index (χ0v) is 12.3. The number of carbonyl (C=O) groups is 1. The Morgan fingerprint density at radius 3 is 2.56 bits per heavy atom. The quantitative estimate of drug-likeness (QED) is 0.782. The predicted molar refractivity (Wildman–Crippen MR) is 72.2 cm³/mol. The molecule has 6 heteroatoms. The molecule has 0 spiro atoms. The van der Waals surface area contributed by atoms with E-state index in [1.165, 1.54) is 0 Å². The normalized spacial score (nSPS) is 23.6. The Morgan fingerprint density at radius 1 is 1.33 bits per heavy atom. The fourth-order valence-corrected chi connectivity index (χ4v) is 3.73. The first kappa shape index (κ1) is 15.4. The highest BCUT2D eigenvalue weighted by atomic mass is 32.2. The lowest BCUT2D eigenvalue weighted by molar-refractivity contribution is -0.122. The molecule has 5 nitrogen and oxygen atoms in total. The van der Waals surface area contributed by atoms with Crippen molar-refractivity contribution in [2.24, 2.45) is 0 Å². The molecule has 18 heavy (non-hydrogen) atoms. The maximum absolute atomic E-state index is 11.6. The number of amides is 1. The number of hydrogen-bond donors (Lipinski definition) is 2. The van der Waals surface area contributed by atoms with Gasteiger partial charge in [0, 0.05) is 24.5 Å². The van der Waals surface area contributed by atoms with Crippen LogP contribution in [0, 0.1) is 0 Å². The highest BCUT2D eigenvalue weighted by Gasteiger charge is 2.24. The van der Waals surface area contributed by atoms with Crippen LogP contribution in [0.1, 0.15) is 40.0 Å². The fourth-order valence-electron chi connectivity index (χ4n) is 2.05. The molecule has 106 valence electrons. The van der Waals surface area contributed by atoms with Crippen LogP contribution in [-0.4, -0.2) is 44.0 Å². The molecule has 0 saturated carbocycles. The third-order valence-electron chi connectivity index (χ3n) is 2.76. The summed E-state index contributed by atoms with van der Waals surface area (Å²) in [6, 6.07) is 0.00573. The lowest BCUT2D eigenvalue weighted by Gasteiger charge is -2.24. The van der Waals surface area contributed by atoms with Crippen LogP contribution in [0.3, 0.4) is 0 Å². The summed E-state index contributed by atoms with van der Waals surface area (Å²) in [7, 11) is -2.87. The molecule has 1 saturated heterocycles. The predicted octanol–water partition coefficient (Wildman–Crippen LogP) is 0.458. The minimum Gasteiger partial charge on any atom is -0.351 e. The number of nitrogens with one attached hydrogen (secondary N) is 2. The molecular formula is C12H24N2O3S. The van der Waals surface area contributed by atoms with Crippen molar-refractivity contribution >= 4 is 15.7 Å². The van der Waals surface area contributed by atoms with Crippen molar-refractivity contribution in [3.8, 4) is 0 Å². The molecule has 0 aromatic heterocycles. The molecule has 0 bridgehead atoms. The third kappa shape index (κ3) is 6.35. The second kappa shape index (κ2) is 6.02. The van der Waals surface area contributed by atoms with Crippen LogP contribution in [0.4, 0.5) is 0 Å². The van der Waals surface area contributed by atoms with Gasteiger partial charge in [-0.25, -0.2) is 8.42 Å². The van der Waals surface area contributed by atoms with Crippen LogP contribution >= 0.6 is 0 Å². The number of carbonyl (C=O) groups excluding carboxylic acids is 1. The maximum Gasteiger partial charge on any atom is 0.221 e. The second-order valence-corrected chi connectivity index (χ2v) is 8.18. The van der Waals surface area contributed by atoms with E-state index in [0.717, 1.165) is 6.42 Å². The molecule has 0 aliphatic carbocycles. The van der Waals surface area contributed by atoms with Crippen LogP contribution in [0.15, 0.2) is 0 Å². The SMILES string of the molecule is CC(C)(C)NC(=O)CCNC1CCCS(=O)(=O)C1. The van der Waals surface area contributed by atoms with E-state index in [1.54, 1.807) is 0 Å². The summed E-state index contributed by atoms with van der Waals surface area (Å²) in [6.07, 6.45) is 1.97. The highest BCUT2D eigenvalue weighted by Crippen LogP contribution is 2.11. The Bertz CT molecular complexity index is 385. The van der Waals surface area contributed by atoms with Crippen molar-refractivity contribution < 1.29 is 13.2 Å². The number of hydrogen-bond acceptors (Lipinski definition) is 4. The van der Waals surface area contributed by atoms with Gasteiger partial charge >= 0.3 is 0 Å². The second-order valence-electron chi connectivity index (χ2n) is 5.96. The van der Waals surface area contributed by atoms with E-state index in [1.807, 2.05) is 20.8 Å². The minimum atomic E-state index is -2.87. The summed E-state index contributed by atoms with van der Waals surface area (Å²) in [4.78, 5) is 11.6. The van der Waals surface area contributed by atoms with E-state index in [2.05, 4.69) is 10.6 Å². The van der Waals surface area contributed by atoms with Gasteiger partial charge in [0.1, 0.15) is 0 Å². The summed E-state index contributed by atoms with van der Waals surface area (Å²) >= 11 is 0. The molecule has 0 aromatic rings. The van der Waals surface area contributed by atoms with Crippen molar-refractivity contribution in [2.45, 2.75) is 51.6 Å². The summed E-state index contributed by atoms with van der Waals surface area (Å²) in [5.74, 6) is 0.498. The van der Waals surface area contributed by atoms with Crippen molar-refractivity contribution in [2.75, 3.05) is 18.1 Å². The Kier molecular flexibility index (Phi) is 5.16. The molecule has 1 rings (SSSR count). The summed E-state index contributed by atoms with van der Waals surface area (Å²) in [6.45, 7) is 6.34. The smallest absolute Gasteiger partial charge is 0.221 e. The molecule has 0 aromatic carbocycles. The monoisotopic (exact) mass is 276 g/mol. The molecule has 2 N–H and O–H groups in total. The zero-order valence-electron chi connectivity index (χ0n) is 11.5. The van der Waals surface area contributed by atoms with Gasteiger partial charge in [-0.2, -0.15) is 0 Å². The third-order valence-corrected chi connectivity index (χ3v) is 4.58.